The second kappa shape index (κ2) is 6.21. The van der Waals surface area contributed by atoms with Gasteiger partial charge in [-0.25, -0.2) is 4.99 Å². The molecule has 2 N–H and O–H groups in total. The van der Waals surface area contributed by atoms with Crippen LogP contribution in [0.15, 0.2) is 82.2 Å². The minimum Gasteiger partial charge on any atom is -0.456 e. The van der Waals surface area contributed by atoms with E-state index in [2.05, 4.69) is 0 Å². The van der Waals surface area contributed by atoms with Crippen LogP contribution in [0.2, 0.25) is 0 Å². The molecule has 0 fully saturated rings. The van der Waals surface area contributed by atoms with Gasteiger partial charge in [-0.1, -0.05) is 24.3 Å². The largest absolute Gasteiger partial charge is 0.456 e. The fourth-order valence-corrected chi connectivity index (χ4v) is 3.12. The van der Waals surface area contributed by atoms with Crippen LogP contribution in [0.5, 0.6) is 11.5 Å². The Balaban J connectivity index is 1.75. The van der Waals surface area contributed by atoms with Gasteiger partial charge in [0.1, 0.15) is 11.3 Å². The van der Waals surface area contributed by atoms with E-state index in [9.17, 15) is 0 Å². The number of para-hydroxylation sites is 3. The normalized spacial score (nSPS) is 13.3. The lowest BCUT2D eigenvalue weighted by Crippen LogP contribution is -2.03. The summed E-state index contributed by atoms with van der Waals surface area (Å²) in [6.45, 7) is 0.238. The Morgan fingerprint density at radius 1 is 0.815 bits per heavy atom. The van der Waals surface area contributed by atoms with Crippen molar-refractivity contribution in [2.45, 2.75) is 0 Å². The van der Waals surface area contributed by atoms with E-state index in [4.69, 9.17) is 24.6 Å². The van der Waals surface area contributed by atoms with Crippen molar-refractivity contribution in [3.63, 3.8) is 0 Å². The molecule has 0 radical (unpaired) electrons. The highest BCUT2D eigenvalue weighted by Crippen LogP contribution is 2.36. The van der Waals surface area contributed by atoms with Gasteiger partial charge in [-0.3, -0.25) is 0 Å². The zero-order valence-corrected chi connectivity index (χ0v) is 14.4. The molecule has 0 spiro atoms. The standard InChI is InChI=1S/C22H16N2O3/c23-16-6-2-3-7-17(16)24-18-12-21(27-19-8-4-1-5-15(18)19)14-9-10-20-22(11-14)26-13-25-20/h1-12H,13,23H2. The Hall–Kier alpha value is -3.73. The number of nitrogen functional groups attached to an aromatic ring is 1. The van der Waals surface area contributed by atoms with Gasteiger partial charge < -0.3 is 19.6 Å². The van der Waals surface area contributed by atoms with Gasteiger partial charge in [0.2, 0.25) is 6.79 Å². The van der Waals surface area contributed by atoms with E-state index in [1.54, 1.807) is 0 Å². The molecule has 0 bridgehead atoms. The molecular formula is C22H16N2O3. The molecule has 5 nitrogen and oxygen atoms in total. The lowest BCUT2D eigenvalue weighted by molar-refractivity contribution is 0.174. The van der Waals surface area contributed by atoms with Crippen molar-refractivity contribution in [1.82, 2.24) is 0 Å². The van der Waals surface area contributed by atoms with Crippen LogP contribution in [0.25, 0.3) is 22.3 Å². The Bertz CT molecular complexity index is 1230. The van der Waals surface area contributed by atoms with Crippen molar-refractivity contribution in [3.8, 4) is 22.8 Å². The van der Waals surface area contributed by atoms with Gasteiger partial charge in [-0.15, -0.1) is 0 Å². The van der Waals surface area contributed by atoms with Crippen LogP contribution in [0.3, 0.4) is 0 Å². The average Bonchev–Trinajstić information content (AvgIpc) is 3.17. The summed E-state index contributed by atoms with van der Waals surface area (Å²) < 4.78 is 17.0. The zero-order chi connectivity index (χ0) is 18.2. The van der Waals surface area contributed by atoms with Crippen LogP contribution >= 0.6 is 0 Å². The highest BCUT2D eigenvalue weighted by atomic mass is 16.7. The summed E-state index contributed by atoms with van der Waals surface area (Å²) in [4.78, 5) is 4.79. The van der Waals surface area contributed by atoms with Gasteiger partial charge in [-0.05, 0) is 42.5 Å². The zero-order valence-electron chi connectivity index (χ0n) is 14.4. The average molecular weight is 356 g/mol. The van der Waals surface area contributed by atoms with Gasteiger partial charge in [0.15, 0.2) is 11.5 Å². The third-order valence-electron chi connectivity index (χ3n) is 4.49. The number of rotatable bonds is 2. The van der Waals surface area contributed by atoms with Crippen molar-refractivity contribution in [2.24, 2.45) is 4.99 Å². The topological polar surface area (TPSA) is 70.0 Å². The molecule has 5 heteroatoms. The molecule has 0 atom stereocenters. The van der Waals surface area contributed by atoms with Gasteiger partial charge in [0.25, 0.3) is 0 Å². The van der Waals surface area contributed by atoms with E-state index in [1.807, 2.05) is 72.8 Å². The van der Waals surface area contributed by atoms with Crippen LogP contribution in [0.1, 0.15) is 0 Å². The van der Waals surface area contributed by atoms with Crippen molar-refractivity contribution < 1.29 is 13.9 Å². The first kappa shape index (κ1) is 15.5. The lowest BCUT2D eigenvalue weighted by atomic mass is 10.1. The number of nitrogens with two attached hydrogens (primary N) is 1. The molecule has 5 rings (SSSR count). The van der Waals surface area contributed by atoms with Gasteiger partial charge in [-0.2, -0.15) is 0 Å². The number of fused-ring (bicyclic) bond motifs is 2. The van der Waals surface area contributed by atoms with Crippen LogP contribution in [-0.4, -0.2) is 6.79 Å². The Morgan fingerprint density at radius 3 is 2.56 bits per heavy atom. The molecule has 132 valence electrons. The second-order valence-corrected chi connectivity index (χ2v) is 6.23. The molecule has 0 unspecified atom stereocenters. The molecule has 0 amide bonds. The van der Waals surface area contributed by atoms with Crippen molar-refractivity contribution in [2.75, 3.05) is 12.5 Å². The third-order valence-corrected chi connectivity index (χ3v) is 4.49. The molecule has 0 saturated carbocycles. The minimum absolute atomic E-state index is 0.238. The summed E-state index contributed by atoms with van der Waals surface area (Å²) in [6.07, 6.45) is 0. The van der Waals surface area contributed by atoms with E-state index >= 15 is 0 Å². The second-order valence-electron chi connectivity index (χ2n) is 6.23. The Labute approximate surface area is 155 Å². The van der Waals surface area contributed by atoms with Gasteiger partial charge >= 0.3 is 0 Å². The van der Waals surface area contributed by atoms with Crippen LogP contribution in [0.4, 0.5) is 11.4 Å². The fourth-order valence-electron chi connectivity index (χ4n) is 3.12. The molecule has 27 heavy (non-hydrogen) atoms. The summed E-state index contributed by atoms with van der Waals surface area (Å²) in [6, 6.07) is 23.0. The first-order valence-electron chi connectivity index (χ1n) is 8.60. The van der Waals surface area contributed by atoms with Crippen LogP contribution in [-0.2, 0) is 0 Å². The smallest absolute Gasteiger partial charge is 0.231 e. The van der Waals surface area contributed by atoms with Crippen LogP contribution < -0.4 is 20.6 Å². The lowest BCUT2D eigenvalue weighted by Gasteiger charge is -2.06. The number of nitrogens with zero attached hydrogens (tertiary/aromatic N) is 1. The maximum Gasteiger partial charge on any atom is 0.231 e. The number of anilines is 1. The van der Waals surface area contributed by atoms with E-state index in [-0.39, 0.29) is 6.79 Å². The summed E-state index contributed by atoms with van der Waals surface area (Å²) in [5.41, 5.74) is 9.08. The van der Waals surface area contributed by atoms with Crippen LogP contribution in [0, 0.1) is 0 Å². The first-order chi connectivity index (χ1) is 13.3. The summed E-state index contributed by atoms with van der Waals surface area (Å²) >= 11 is 0. The molecule has 1 aliphatic rings. The van der Waals surface area contributed by atoms with Gasteiger partial charge in [0, 0.05) is 17.0 Å². The monoisotopic (exact) mass is 356 g/mol. The van der Waals surface area contributed by atoms with E-state index in [0.717, 1.165) is 33.3 Å². The molecule has 3 aromatic carbocycles. The highest BCUT2D eigenvalue weighted by Gasteiger charge is 2.15. The van der Waals surface area contributed by atoms with E-state index in [0.29, 0.717) is 17.2 Å². The Kier molecular flexibility index (Phi) is 3.57. The summed E-state index contributed by atoms with van der Waals surface area (Å²) in [5, 5.41) is 1.72. The Morgan fingerprint density at radius 2 is 1.63 bits per heavy atom. The predicted molar refractivity (Wildman–Crippen MR) is 104 cm³/mol. The van der Waals surface area contributed by atoms with Crippen molar-refractivity contribution >= 4 is 22.3 Å². The number of ether oxygens (including phenoxy) is 2. The molecule has 4 aromatic rings. The molecule has 0 aliphatic carbocycles. The molecule has 1 aliphatic heterocycles. The minimum atomic E-state index is 0.238. The van der Waals surface area contributed by atoms with Gasteiger partial charge in [0.05, 0.1) is 16.7 Å². The maximum absolute atomic E-state index is 6.13. The van der Waals surface area contributed by atoms with Crippen molar-refractivity contribution in [1.29, 1.82) is 0 Å². The quantitative estimate of drug-likeness (QED) is 0.531. The van der Waals surface area contributed by atoms with E-state index in [1.165, 1.54) is 0 Å². The molecule has 0 saturated heterocycles. The maximum atomic E-state index is 6.13. The summed E-state index contributed by atoms with van der Waals surface area (Å²) in [5.74, 6) is 2.14. The van der Waals surface area contributed by atoms with Crippen molar-refractivity contribution in [3.05, 3.63) is 78.2 Å². The fraction of sp³-hybridized carbons (Fsp3) is 0.0455. The SMILES string of the molecule is Nc1ccccc1N=c1cc(-c2ccc3c(c2)OCO3)oc2ccccc12. The molecule has 1 aromatic heterocycles. The predicted octanol–water partition coefficient (Wildman–Crippen LogP) is 4.64. The number of hydrogen-bond acceptors (Lipinski definition) is 5. The number of benzene rings is 3. The molecular weight excluding hydrogens is 340 g/mol. The first-order valence-corrected chi connectivity index (χ1v) is 8.60. The number of hydrogen-bond donors (Lipinski definition) is 1. The summed E-state index contributed by atoms with van der Waals surface area (Å²) in [7, 11) is 0. The highest BCUT2D eigenvalue weighted by molar-refractivity contribution is 5.79. The molecule has 2 heterocycles. The van der Waals surface area contributed by atoms with E-state index < -0.39 is 0 Å². The third kappa shape index (κ3) is 2.79.